The molecule has 0 saturated carbocycles. The smallest absolute Gasteiger partial charge is 0.410 e. The predicted octanol–water partition coefficient (Wildman–Crippen LogP) is 6.85. The van der Waals surface area contributed by atoms with Gasteiger partial charge in [0.1, 0.15) is 24.9 Å². The number of carbonyl (C=O) groups excluding carboxylic acids is 3. The first kappa shape index (κ1) is 36.5. The Morgan fingerprint density at radius 2 is 1.40 bits per heavy atom. The molecule has 3 amide bonds. The quantitative estimate of drug-likeness (QED) is 0.144. The van der Waals surface area contributed by atoms with Crippen molar-refractivity contribution in [1.82, 2.24) is 15.1 Å². The normalized spacial score (nSPS) is 12.7. The Balaban J connectivity index is 1.23. The van der Waals surface area contributed by atoms with E-state index in [1.807, 2.05) is 72.8 Å². The van der Waals surface area contributed by atoms with E-state index in [9.17, 15) is 24.3 Å². The summed E-state index contributed by atoms with van der Waals surface area (Å²) in [6.45, 7) is 5.93. The molecule has 1 atom stereocenters. The average molecular weight is 696 g/mol. The summed E-state index contributed by atoms with van der Waals surface area (Å²) in [4.78, 5) is 53.0. The molecule has 1 aliphatic carbocycles. The molecule has 0 bridgehead atoms. The number of hydrogen-bond donors (Lipinski definition) is 2. The summed E-state index contributed by atoms with van der Waals surface area (Å²) < 4.78 is 16.4. The van der Waals surface area contributed by atoms with Crippen LogP contribution in [0.5, 0.6) is 0 Å². The van der Waals surface area contributed by atoms with E-state index in [1.165, 1.54) is 31.4 Å². The molecule has 1 aliphatic rings. The molecule has 3 aromatic carbocycles. The molecular weight excluding hydrogens is 655 g/mol. The molecule has 0 saturated heterocycles. The lowest BCUT2D eigenvalue weighted by atomic mass is 9.98. The summed E-state index contributed by atoms with van der Waals surface area (Å²) in [7, 11) is 5.74. The van der Waals surface area contributed by atoms with E-state index < -0.39 is 35.9 Å². The zero-order chi connectivity index (χ0) is 34.8. The van der Waals surface area contributed by atoms with Crippen molar-refractivity contribution in [1.29, 1.82) is 0 Å². The minimum atomic E-state index is -1.18. The van der Waals surface area contributed by atoms with E-state index in [1.54, 1.807) is 34.9 Å². The van der Waals surface area contributed by atoms with Gasteiger partial charge in [0.25, 0.3) is 0 Å². The van der Waals surface area contributed by atoms with Gasteiger partial charge in [0.2, 0.25) is 0 Å². The minimum absolute atomic E-state index is 0.00479. The second-order valence-electron chi connectivity index (χ2n) is 12.2. The highest BCUT2D eigenvalue weighted by Crippen LogP contribution is 2.44. The fourth-order valence-electron chi connectivity index (χ4n) is 4.90. The molecule has 256 valence electrons. The molecule has 3 aromatic rings. The van der Waals surface area contributed by atoms with Crippen molar-refractivity contribution < 1.29 is 38.5 Å². The number of ether oxygens (including phenoxy) is 3. The first-order valence-corrected chi connectivity index (χ1v) is 17.7. The van der Waals surface area contributed by atoms with E-state index >= 15 is 0 Å². The lowest BCUT2D eigenvalue weighted by Gasteiger charge is -2.26. The van der Waals surface area contributed by atoms with Gasteiger partial charge in [-0.15, -0.1) is 0 Å². The number of carboxylic acids is 1. The molecule has 0 heterocycles. The average Bonchev–Trinajstić information content (AvgIpc) is 3.37. The summed E-state index contributed by atoms with van der Waals surface area (Å²) in [5.74, 6) is -1.26. The Kier molecular flexibility index (Phi) is 12.7. The largest absolute Gasteiger partial charge is 0.480 e. The maximum Gasteiger partial charge on any atom is 0.410 e. The van der Waals surface area contributed by atoms with Gasteiger partial charge in [-0.2, -0.15) is 0 Å². The number of benzene rings is 3. The van der Waals surface area contributed by atoms with Gasteiger partial charge in [0.15, 0.2) is 0 Å². The molecule has 11 nitrogen and oxygen atoms in total. The third kappa shape index (κ3) is 10.1. The number of rotatable bonds is 13. The van der Waals surface area contributed by atoms with Gasteiger partial charge in [-0.1, -0.05) is 88.3 Å². The molecule has 0 aliphatic heterocycles. The van der Waals surface area contributed by atoms with Crippen molar-refractivity contribution in [2.75, 3.05) is 39.5 Å². The van der Waals surface area contributed by atoms with E-state index in [4.69, 9.17) is 14.2 Å². The SMILES string of the molecule is CN(CCN(C)C(=O)OC(C)(C)C)C(=O)OCc1ccccc1SSC[C@H](NC(=O)OCC1c2ccccc2-c2ccccc21)C(=O)O. The fraction of sp³-hybridized carbons (Fsp3) is 0.371. The monoisotopic (exact) mass is 695 g/mol. The summed E-state index contributed by atoms with van der Waals surface area (Å²) in [5.41, 5.74) is 4.45. The van der Waals surface area contributed by atoms with Crippen LogP contribution in [0.4, 0.5) is 14.4 Å². The van der Waals surface area contributed by atoms with Gasteiger partial charge in [0.05, 0.1) is 0 Å². The molecule has 2 N–H and O–H groups in total. The van der Waals surface area contributed by atoms with Crippen molar-refractivity contribution in [3.05, 3.63) is 89.5 Å². The van der Waals surface area contributed by atoms with Gasteiger partial charge in [0, 0.05) is 49.3 Å². The standard InChI is InChI=1S/C35H41N3O8S2/c1-35(2,3)46-34(43)38(5)19-18-37(4)33(42)45-20-23-12-6-11-17-30(23)48-47-22-29(31(39)40)36-32(41)44-21-28-26-15-9-7-13-24(26)25-14-8-10-16-27(25)28/h6-17,28-29H,18-22H2,1-5H3,(H,36,41)(H,39,40)/t29-/m0/s1. The van der Waals surface area contributed by atoms with Crippen LogP contribution in [0.25, 0.3) is 11.1 Å². The van der Waals surface area contributed by atoms with Gasteiger partial charge in [-0.25, -0.2) is 19.2 Å². The first-order chi connectivity index (χ1) is 22.8. The molecule has 0 radical (unpaired) electrons. The summed E-state index contributed by atoms with van der Waals surface area (Å²) >= 11 is 0. The molecule has 48 heavy (non-hydrogen) atoms. The molecule has 4 rings (SSSR count). The maximum absolute atomic E-state index is 12.7. The van der Waals surface area contributed by atoms with Crippen LogP contribution in [0.15, 0.2) is 77.7 Å². The van der Waals surface area contributed by atoms with Crippen molar-refractivity contribution in [2.45, 2.75) is 49.8 Å². The first-order valence-electron chi connectivity index (χ1n) is 15.4. The summed E-state index contributed by atoms with van der Waals surface area (Å²) in [6.07, 6.45) is -1.84. The van der Waals surface area contributed by atoms with Crippen LogP contribution in [0.3, 0.4) is 0 Å². The number of carboxylic acid groups (broad SMARTS) is 1. The zero-order valence-electron chi connectivity index (χ0n) is 27.6. The molecule has 0 unspecified atom stereocenters. The minimum Gasteiger partial charge on any atom is -0.480 e. The van der Waals surface area contributed by atoms with Crippen molar-refractivity contribution in [3.8, 4) is 11.1 Å². The molecule has 0 fully saturated rings. The van der Waals surface area contributed by atoms with Gasteiger partial charge in [-0.05, 0) is 49.1 Å². The van der Waals surface area contributed by atoms with Crippen LogP contribution in [0, 0.1) is 0 Å². The van der Waals surface area contributed by atoms with Crippen molar-refractivity contribution in [2.24, 2.45) is 0 Å². The lowest BCUT2D eigenvalue weighted by molar-refractivity contribution is -0.138. The summed E-state index contributed by atoms with van der Waals surface area (Å²) in [6, 6.07) is 22.1. The van der Waals surface area contributed by atoms with Crippen molar-refractivity contribution in [3.63, 3.8) is 0 Å². The van der Waals surface area contributed by atoms with E-state index in [-0.39, 0.29) is 38.0 Å². The van der Waals surface area contributed by atoms with E-state index in [0.717, 1.165) is 32.7 Å². The zero-order valence-corrected chi connectivity index (χ0v) is 29.3. The van der Waals surface area contributed by atoms with Gasteiger partial charge >= 0.3 is 24.2 Å². The predicted molar refractivity (Wildman–Crippen MR) is 186 cm³/mol. The maximum atomic E-state index is 12.7. The van der Waals surface area contributed by atoms with Crippen LogP contribution >= 0.6 is 21.6 Å². The number of carbonyl (C=O) groups is 4. The van der Waals surface area contributed by atoms with Crippen LogP contribution < -0.4 is 5.32 Å². The second-order valence-corrected chi connectivity index (χ2v) is 14.6. The second kappa shape index (κ2) is 16.6. The van der Waals surface area contributed by atoms with Crippen molar-refractivity contribution >= 4 is 45.8 Å². The Morgan fingerprint density at radius 1 is 0.833 bits per heavy atom. The third-order valence-electron chi connectivity index (χ3n) is 7.43. The Labute approximate surface area is 288 Å². The van der Waals surface area contributed by atoms with Crippen LogP contribution in [0.2, 0.25) is 0 Å². The highest BCUT2D eigenvalue weighted by Gasteiger charge is 2.30. The van der Waals surface area contributed by atoms with Gasteiger partial charge < -0.3 is 34.4 Å². The Hall–Kier alpha value is -4.36. The number of hydrogen-bond acceptors (Lipinski definition) is 9. The number of amides is 3. The van der Waals surface area contributed by atoms with E-state index in [0.29, 0.717) is 0 Å². The number of likely N-dealkylation sites (N-methyl/N-ethyl adjacent to an activating group) is 2. The highest BCUT2D eigenvalue weighted by molar-refractivity contribution is 8.76. The Bertz CT molecular complexity index is 1570. The highest BCUT2D eigenvalue weighted by atomic mass is 33.1. The van der Waals surface area contributed by atoms with Crippen LogP contribution in [-0.4, -0.2) is 90.3 Å². The topological polar surface area (TPSA) is 135 Å². The molecule has 13 heteroatoms. The summed E-state index contributed by atoms with van der Waals surface area (Å²) in [5, 5.41) is 12.3. The third-order valence-corrected chi connectivity index (χ3v) is 9.89. The molecule has 0 aromatic heterocycles. The number of fused-ring (bicyclic) bond motifs is 3. The van der Waals surface area contributed by atoms with E-state index in [2.05, 4.69) is 5.32 Å². The fourth-order valence-corrected chi connectivity index (χ4v) is 7.31. The van der Waals surface area contributed by atoms with Crippen LogP contribution in [0.1, 0.15) is 43.4 Å². The number of nitrogens with one attached hydrogen (secondary N) is 1. The van der Waals surface area contributed by atoms with Crippen LogP contribution in [-0.2, 0) is 25.6 Å². The number of alkyl carbamates (subject to hydrolysis) is 1. The number of nitrogens with zero attached hydrogens (tertiary/aromatic N) is 2. The lowest BCUT2D eigenvalue weighted by Crippen LogP contribution is -2.43. The van der Waals surface area contributed by atoms with Gasteiger partial charge in [-0.3, -0.25) is 0 Å². The molecular formula is C35H41N3O8S2. The Morgan fingerprint density at radius 3 is 2.00 bits per heavy atom. The molecule has 0 spiro atoms. The number of aliphatic carboxylic acids is 1.